The highest BCUT2D eigenvalue weighted by molar-refractivity contribution is 8.82. The van der Waals surface area contributed by atoms with Gasteiger partial charge in [-0.25, -0.2) is 0 Å². The van der Waals surface area contributed by atoms with Crippen LogP contribution in [0.15, 0.2) is 77.7 Å². The summed E-state index contributed by atoms with van der Waals surface area (Å²) in [6.07, 6.45) is 0. The maximum absolute atomic E-state index is 12.0. The minimum atomic E-state index is 0.0868. The number of benzene rings is 3. The summed E-state index contributed by atoms with van der Waals surface area (Å²) in [6, 6.07) is 23.9. The van der Waals surface area contributed by atoms with Crippen LogP contribution >= 0.6 is 21.6 Å². The van der Waals surface area contributed by atoms with Crippen LogP contribution in [0.4, 0.5) is 0 Å². The van der Waals surface area contributed by atoms with E-state index in [1.165, 1.54) is 32.4 Å². The minimum Gasteiger partial charge on any atom is -0.281 e. The normalized spacial score (nSPS) is 10.6. The summed E-state index contributed by atoms with van der Waals surface area (Å²) in [5.74, 6) is 0. The van der Waals surface area contributed by atoms with Crippen molar-refractivity contribution in [2.75, 3.05) is 0 Å². The van der Waals surface area contributed by atoms with Gasteiger partial charge in [-0.3, -0.25) is 4.79 Å². The summed E-state index contributed by atoms with van der Waals surface area (Å²) < 4.78 is 0. The first-order valence-corrected chi connectivity index (χ1v) is 8.40. The smallest absolute Gasteiger partial charge is 0.230 e. The summed E-state index contributed by atoms with van der Waals surface area (Å²) in [5.41, 5.74) is 0.741. The van der Waals surface area contributed by atoms with Crippen molar-refractivity contribution in [1.29, 1.82) is 0 Å². The third-order valence-electron chi connectivity index (χ3n) is 2.94. The van der Waals surface area contributed by atoms with E-state index in [1.807, 2.05) is 42.5 Å². The van der Waals surface area contributed by atoms with E-state index in [-0.39, 0.29) is 5.12 Å². The maximum Gasteiger partial charge on any atom is 0.230 e. The average Bonchev–Trinajstić information content (AvgIpc) is 2.53. The molecule has 0 aliphatic carbocycles. The topological polar surface area (TPSA) is 17.1 Å². The van der Waals surface area contributed by atoms with Crippen molar-refractivity contribution >= 4 is 37.5 Å². The van der Waals surface area contributed by atoms with Gasteiger partial charge in [0.15, 0.2) is 0 Å². The van der Waals surface area contributed by atoms with Crippen LogP contribution in [-0.4, -0.2) is 5.12 Å². The third-order valence-corrected chi connectivity index (χ3v) is 5.14. The van der Waals surface area contributed by atoms with Crippen LogP contribution in [0.1, 0.15) is 10.4 Å². The Morgan fingerprint density at radius 1 is 0.750 bits per heavy atom. The predicted molar refractivity (Wildman–Crippen MR) is 88.2 cm³/mol. The fraction of sp³-hybridized carbons (Fsp3) is 0. The molecular weight excluding hydrogens is 284 g/mol. The summed E-state index contributed by atoms with van der Waals surface area (Å²) in [6.45, 7) is 0. The molecule has 0 saturated heterocycles. The molecule has 0 unspecified atom stereocenters. The zero-order valence-electron chi connectivity index (χ0n) is 10.7. The molecule has 0 spiro atoms. The van der Waals surface area contributed by atoms with Crippen molar-refractivity contribution in [3.63, 3.8) is 0 Å². The van der Waals surface area contributed by atoms with Crippen LogP contribution in [-0.2, 0) is 0 Å². The molecule has 0 saturated carbocycles. The Hall–Kier alpha value is -1.71. The molecule has 3 rings (SSSR count). The van der Waals surface area contributed by atoms with E-state index in [0.717, 1.165) is 10.5 Å². The average molecular weight is 296 g/mol. The Morgan fingerprint density at radius 3 is 2.25 bits per heavy atom. The van der Waals surface area contributed by atoms with Gasteiger partial charge in [0.05, 0.1) is 0 Å². The molecule has 0 bridgehead atoms. The fourth-order valence-electron chi connectivity index (χ4n) is 1.93. The van der Waals surface area contributed by atoms with Crippen molar-refractivity contribution in [1.82, 2.24) is 0 Å². The Morgan fingerprint density at radius 2 is 1.45 bits per heavy atom. The zero-order chi connectivity index (χ0) is 13.8. The van der Waals surface area contributed by atoms with Gasteiger partial charge in [0.2, 0.25) is 5.12 Å². The number of carbonyl (C=O) groups excluding carboxylic acids is 1. The molecule has 0 aliphatic rings. The Bertz CT molecular complexity index is 738. The quantitative estimate of drug-likeness (QED) is 0.601. The Labute approximate surface area is 125 Å². The summed E-state index contributed by atoms with van der Waals surface area (Å²) >= 11 is 0. The Kier molecular flexibility index (Phi) is 4.09. The SMILES string of the molecule is O=C(SSc1ccc2ccccc2c1)c1ccccc1. The molecule has 0 N–H and O–H groups in total. The fourth-order valence-corrected chi connectivity index (χ4v) is 3.75. The van der Waals surface area contributed by atoms with Crippen LogP contribution in [0.5, 0.6) is 0 Å². The molecule has 20 heavy (non-hydrogen) atoms. The Balaban J connectivity index is 1.72. The van der Waals surface area contributed by atoms with Gasteiger partial charge < -0.3 is 0 Å². The standard InChI is InChI=1S/C17H12OS2/c18-17(14-7-2-1-3-8-14)20-19-16-11-10-13-6-4-5-9-15(13)12-16/h1-12H. The molecule has 3 aromatic rings. The van der Waals surface area contributed by atoms with Crippen LogP contribution in [0.3, 0.4) is 0 Å². The lowest BCUT2D eigenvalue weighted by molar-refractivity contribution is 0.109. The number of hydrogen-bond donors (Lipinski definition) is 0. The molecule has 98 valence electrons. The molecule has 1 nitrogen and oxygen atoms in total. The van der Waals surface area contributed by atoms with Crippen molar-refractivity contribution in [2.24, 2.45) is 0 Å². The predicted octanol–water partition coefficient (Wildman–Crippen LogP) is 5.42. The van der Waals surface area contributed by atoms with Gasteiger partial charge in [-0.05, 0) is 44.5 Å². The lowest BCUT2D eigenvalue weighted by atomic mass is 10.1. The van der Waals surface area contributed by atoms with Gasteiger partial charge >= 0.3 is 0 Å². The first-order valence-electron chi connectivity index (χ1n) is 6.26. The molecule has 3 aromatic carbocycles. The minimum absolute atomic E-state index is 0.0868. The second-order valence-electron chi connectivity index (χ2n) is 4.33. The highest BCUT2D eigenvalue weighted by Crippen LogP contribution is 2.35. The van der Waals surface area contributed by atoms with Gasteiger partial charge in [0.1, 0.15) is 0 Å². The second-order valence-corrected chi connectivity index (χ2v) is 6.50. The number of rotatable bonds is 3. The number of fused-ring (bicyclic) bond motifs is 1. The molecule has 0 aromatic heterocycles. The third kappa shape index (κ3) is 3.06. The zero-order valence-corrected chi connectivity index (χ0v) is 12.3. The van der Waals surface area contributed by atoms with Crippen LogP contribution in [0.25, 0.3) is 10.8 Å². The number of hydrogen-bond acceptors (Lipinski definition) is 3. The monoisotopic (exact) mass is 296 g/mol. The second kappa shape index (κ2) is 6.16. The van der Waals surface area contributed by atoms with E-state index in [2.05, 4.69) is 30.3 Å². The molecule has 0 heterocycles. The maximum atomic E-state index is 12.0. The van der Waals surface area contributed by atoms with Crippen molar-refractivity contribution in [3.8, 4) is 0 Å². The van der Waals surface area contributed by atoms with Gasteiger partial charge in [0, 0.05) is 10.5 Å². The van der Waals surface area contributed by atoms with Crippen molar-refractivity contribution in [3.05, 3.63) is 78.4 Å². The van der Waals surface area contributed by atoms with Crippen LogP contribution < -0.4 is 0 Å². The lowest BCUT2D eigenvalue weighted by Gasteiger charge is -2.03. The highest BCUT2D eigenvalue weighted by atomic mass is 33.1. The highest BCUT2D eigenvalue weighted by Gasteiger charge is 2.07. The molecular formula is C17H12OS2. The van der Waals surface area contributed by atoms with E-state index >= 15 is 0 Å². The van der Waals surface area contributed by atoms with Crippen LogP contribution in [0, 0.1) is 0 Å². The van der Waals surface area contributed by atoms with E-state index in [1.54, 1.807) is 0 Å². The van der Waals surface area contributed by atoms with Gasteiger partial charge in [0.25, 0.3) is 0 Å². The molecule has 0 atom stereocenters. The molecule has 0 aliphatic heterocycles. The molecule has 0 fully saturated rings. The van der Waals surface area contributed by atoms with Gasteiger partial charge in [-0.15, -0.1) is 0 Å². The largest absolute Gasteiger partial charge is 0.281 e. The first-order chi connectivity index (χ1) is 9.83. The lowest BCUT2D eigenvalue weighted by Crippen LogP contribution is -1.89. The van der Waals surface area contributed by atoms with Gasteiger partial charge in [-0.1, -0.05) is 60.7 Å². The summed E-state index contributed by atoms with van der Waals surface area (Å²) in [5, 5.41) is 2.50. The van der Waals surface area contributed by atoms with Gasteiger partial charge in [-0.2, -0.15) is 0 Å². The summed E-state index contributed by atoms with van der Waals surface area (Å²) in [4.78, 5) is 13.1. The summed E-state index contributed by atoms with van der Waals surface area (Å²) in [7, 11) is 2.77. The van der Waals surface area contributed by atoms with Crippen molar-refractivity contribution in [2.45, 2.75) is 4.90 Å². The first kappa shape index (κ1) is 13.3. The molecule has 3 heteroatoms. The van der Waals surface area contributed by atoms with Crippen molar-refractivity contribution < 1.29 is 4.79 Å². The van der Waals surface area contributed by atoms with E-state index < -0.39 is 0 Å². The molecule has 0 radical (unpaired) electrons. The van der Waals surface area contributed by atoms with Crippen LogP contribution in [0.2, 0.25) is 0 Å². The number of carbonyl (C=O) groups is 1. The van der Waals surface area contributed by atoms with E-state index in [0.29, 0.717) is 0 Å². The molecule has 0 amide bonds. The van der Waals surface area contributed by atoms with E-state index in [9.17, 15) is 4.79 Å². The van der Waals surface area contributed by atoms with E-state index in [4.69, 9.17) is 0 Å².